The van der Waals surface area contributed by atoms with Gasteiger partial charge in [-0.05, 0) is 50.6 Å². The van der Waals surface area contributed by atoms with E-state index in [1.165, 1.54) is 0 Å². The quantitative estimate of drug-likeness (QED) is 0.581. The lowest BCUT2D eigenvalue weighted by Crippen LogP contribution is -2.35. The van der Waals surface area contributed by atoms with Crippen molar-refractivity contribution >= 4 is 23.5 Å². The Morgan fingerprint density at radius 3 is 2.33 bits per heavy atom. The molecule has 2 aromatic carbocycles. The number of nitrogens with one attached hydrogen (secondary N) is 2. The number of aromatic nitrogens is 2. The van der Waals surface area contributed by atoms with Crippen LogP contribution in [0.3, 0.4) is 0 Å². The number of hydrogen-bond donors (Lipinski definition) is 2. The minimum Gasteiger partial charge on any atom is -0.464 e. The number of anilines is 2. The molecule has 0 aliphatic heterocycles. The van der Waals surface area contributed by atoms with Gasteiger partial charge in [0.2, 0.25) is 5.95 Å². The van der Waals surface area contributed by atoms with Gasteiger partial charge in [0.05, 0.1) is 6.61 Å². The summed E-state index contributed by atoms with van der Waals surface area (Å²) < 4.78 is 5.14. The first-order valence-corrected chi connectivity index (χ1v) is 9.68. The van der Waals surface area contributed by atoms with Crippen molar-refractivity contribution in [3.05, 3.63) is 83.2 Å². The van der Waals surface area contributed by atoms with Gasteiger partial charge in [0, 0.05) is 22.6 Å². The van der Waals surface area contributed by atoms with Crippen molar-refractivity contribution in [1.29, 1.82) is 0 Å². The molecule has 0 aliphatic rings. The molecule has 0 saturated heterocycles. The molecule has 7 heteroatoms. The van der Waals surface area contributed by atoms with Gasteiger partial charge in [0.15, 0.2) is 6.04 Å². The van der Waals surface area contributed by atoms with Gasteiger partial charge in [-0.25, -0.2) is 14.8 Å². The molecule has 2 N–H and O–H groups in total. The van der Waals surface area contributed by atoms with Crippen molar-refractivity contribution in [3.63, 3.8) is 0 Å². The Morgan fingerprint density at radius 1 is 0.967 bits per heavy atom. The normalized spacial score (nSPS) is 11.4. The zero-order chi connectivity index (χ0) is 21.5. The Bertz CT molecular complexity index is 1020. The lowest BCUT2D eigenvalue weighted by molar-refractivity contribution is -0.145. The molecule has 3 aromatic rings. The second-order valence-corrected chi connectivity index (χ2v) is 6.75. The zero-order valence-corrected chi connectivity index (χ0v) is 17.2. The van der Waals surface area contributed by atoms with Crippen LogP contribution < -0.4 is 10.6 Å². The standard InChI is InChI=1S/C23H24N4O3/c1-4-30-22(29)20(17-9-6-5-7-10-17)27-21(28)18-11-8-12-19(14-18)26-23-24-15(2)13-16(3)25-23/h5-14,20H,4H2,1-3H3,(H,27,28)(H,24,25,26). The molecule has 0 fully saturated rings. The Balaban J connectivity index is 1.80. The number of carbonyl (C=O) groups excluding carboxylic acids is 2. The predicted molar refractivity (Wildman–Crippen MR) is 115 cm³/mol. The van der Waals surface area contributed by atoms with Gasteiger partial charge >= 0.3 is 5.97 Å². The van der Waals surface area contributed by atoms with Gasteiger partial charge in [0.1, 0.15) is 0 Å². The van der Waals surface area contributed by atoms with Crippen LogP contribution in [0.15, 0.2) is 60.7 Å². The van der Waals surface area contributed by atoms with Crippen molar-refractivity contribution in [3.8, 4) is 0 Å². The molecule has 1 unspecified atom stereocenters. The fraction of sp³-hybridized carbons (Fsp3) is 0.217. The van der Waals surface area contributed by atoms with Crippen LogP contribution in [0.2, 0.25) is 0 Å². The highest BCUT2D eigenvalue weighted by molar-refractivity contribution is 5.97. The molecule has 1 amide bonds. The van der Waals surface area contributed by atoms with E-state index in [0.29, 0.717) is 22.8 Å². The summed E-state index contributed by atoms with van der Waals surface area (Å²) in [4.78, 5) is 34.0. The largest absolute Gasteiger partial charge is 0.464 e. The van der Waals surface area contributed by atoms with E-state index in [1.54, 1.807) is 37.3 Å². The third-order valence-electron chi connectivity index (χ3n) is 4.29. The Labute approximate surface area is 175 Å². The summed E-state index contributed by atoms with van der Waals surface area (Å²) in [6.45, 7) is 5.74. The first kappa shape index (κ1) is 21.0. The number of hydrogen-bond acceptors (Lipinski definition) is 6. The number of nitrogens with zero attached hydrogens (tertiary/aromatic N) is 2. The zero-order valence-electron chi connectivity index (χ0n) is 17.2. The Kier molecular flexibility index (Phi) is 6.75. The number of aryl methyl sites for hydroxylation is 2. The fourth-order valence-corrected chi connectivity index (χ4v) is 3.01. The maximum Gasteiger partial charge on any atom is 0.333 e. The van der Waals surface area contributed by atoms with Crippen molar-refractivity contribution in [2.45, 2.75) is 26.8 Å². The van der Waals surface area contributed by atoms with Gasteiger partial charge in [0.25, 0.3) is 5.91 Å². The summed E-state index contributed by atoms with van der Waals surface area (Å²) in [5.74, 6) is -0.435. The monoisotopic (exact) mass is 404 g/mol. The van der Waals surface area contributed by atoms with Crippen LogP contribution in [0.4, 0.5) is 11.6 Å². The summed E-state index contributed by atoms with van der Waals surface area (Å²) in [5, 5.41) is 5.89. The highest BCUT2D eigenvalue weighted by Gasteiger charge is 2.24. The molecule has 0 aliphatic carbocycles. The molecule has 0 saturated carbocycles. The summed E-state index contributed by atoms with van der Waals surface area (Å²) in [5.41, 5.74) is 3.41. The highest BCUT2D eigenvalue weighted by atomic mass is 16.5. The fourth-order valence-electron chi connectivity index (χ4n) is 3.01. The van der Waals surface area contributed by atoms with Crippen LogP contribution in [0, 0.1) is 13.8 Å². The van der Waals surface area contributed by atoms with Crippen LogP contribution in [0.25, 0.3) is 0 Å². The molecule has 30 heavy (non-hydrogen) atoms. The van der Waals surface area contributed by atoms with Crippen LogP contribution >= 0.6 is 0 Å². The second kappa shape index (κ2) is 9.65. The summed E-state index contributed by atoms with van der Waals surface area (Å²) in [6.07, 6.45) is 0. The minimum atomic E-state index is -0.891. The molecular weight excluding hydrogens is 380 g/mol. The van der Waals surface area contributed by atoms with E-state index >= 15 is 0 Å². The van der Waals surface area contributed by atoms with E-state index in [9.17, 15) is 9.59 Å². The number of ether oxygens (including phenoxy) is 1. The first-order valence-electron chi connectivity index (χ1n) is 9.68. The average Bonchev–Trinajstić information content (AvgIpc) is 2.72. The highest BCUT2D eigenvalue weighted by Crippen LogP contribution is 2.19. The summed E-state index contributed by atoms with van der Waals surface area (Å²) in [6, 6.07) is 16.9. The van der Waals surface area contributed by atoms with Gasteiger partial charge in [-0.2, -0.15) is 0 Å². The van der Waals surface area contributed by atoms with E-state index < -0.39 is 12.0 Å². The number of benzene rings is 2. The minimum absolute atomic E-state index is 0.230. The third kappa shape index (κ3) is 5.41. The molecule has 7 nitrogen and oxygen atoms in total. The molecule has 1 heterocycles. The molecule has 1 aromatic heterocycles. The molecule has 0 radical (unpaired) electrons. The summed E-state index contributed by atoms with van der Waals surface area (Å²) >= 11 is 0. The van der Waals surface area contributed by atoms with Crippen LogP contribution in [-0.2, 0) is 9.53 Å². The van der Waals surface area contributed by atoms with E-state index in [-0.39, 0.29) is 12.5 Å². The maximum absolute atomic E-state index is 12.9. The second-order valence-electron chi connectivity index (χ2n) is 6.75. The lowest BCUT2D eigenvalue weighted by Gasteiger charge is -2.18. The lowest BCUT2D eigenvalue weighted by atomic mass is 10.1. The van der Waals surface area contributed by atoms with Crippen LogP contribution in [0.5, 0.6) is 0 Å². The Hall–Kier alpha value is -3.74. The number of esters is 1. The number of carbonyl (C=O) groups is 2. The van der Waals surface area contributed by atoms with Gasteiger partial charge in [-0.3, -0.25) is 4.79 Å². The molecule has 154 valence electrons. The van der Waals surface area contributed by atoms with Crippen molar-refractivity contribution in [2.75, 3.05) is 11.9 Å². The van der Waals surface area contributed by atoms with Crippen molar-refractivity contribution in [1.82, 2.24) is 15.3 Å². The van der Waals surface area contributed by atoms with Gasteiger partial charge in [-0.15, -0.1) is 0 Å². The van der Waals surface area contributed by atoms with E-state index in [4.69, 9.17) is 4.74 Å². The number of rotatable bonds is 7. The number of amides is 1. The van der Waals surface area contributed by atoms with Crippen molar-refractivity contribution < 1.29 is 14.3 Å². The van der Waals surface area contributed by atoms with E-state index in [2.05, 4.69) is 20.6 Å². The predicted octanol–water partition coefficient (Wildman–Crippen LogP) is 3.87. The van der Waals surface area contributed by atoms with Gasteiger partial charge < -0.3 is 15.4 Å². The van der Waals surface area contributed by atoms with E-state index in [0.717, 1.165) is 11.4 Å². The Morgan fingerprint density at radius 2 is 1.67 bits per heavy atom. The van der Waals surface area contributed by atoms with Gasteiger partial charge in [-0.1, -0.05) is 36.4 Å². The molecule has 1 atom stereocenters. The molecule has 0 bridgehead atoms. The van der Waals surface area contributed by atoms with Crippen LogP contribution in [-0.4, -0.2) is 28.5 Å². The SMILES string of the molecule is CCOC(=O)C(NC(=O)c1cccc(Nc2nc(C)cc(C)n2)c1)c1ccccc1. The van der Waals surface area contributed by atoms with E-state index in [1.807, 2.05) is 44.2 Å². The molecule has 3 rings (SSSR count). The third-order valence-corrected chi connectivity index (χ3v) is 4.29. The topological polar surface area (TPSA) is 93.2 Å². The maximum atomic E-state index is 12.9. The molecular formula is C23H24N4O3. The first-order chi connectivity index (χ1) is 14.5. The summed E-state index contributed by atoms with van der Waals surface area (Å²) in [7, 11) is 0. The average molecular weight is 404 g/mol. The molecule has 0 spiro atoms. The smallest absolute Gasteiger partial charge is 0.333 e. The van der Waals surface area contributed by atoms with Crippen LogP contribution in [0.1, 0.15) is 40.3 Å². The van der Waals surface area contributed by atoms with Crippen molar-refractivity contribution in [2.24, 2.45) is 0 Å².